The third-order valence-electron chi connectivity index (χ3n) is 3.73. The monoisotopic (exact) mass is 410 g/mol. The lowest BCUT2D eigenvalue weighted by Gasteiger charge is -2.14. The molecular weight excluding hydrogens is 397 g/mol. The molecule has 0 bridgehead atoms. The van der Waals surface area contributed by atoms with Gasteiger partial charge < -0.3 is 4.18 Å². The van der Waals surface area contributed by atoms with Gasteiger partial charge in [0.15, 0.2) is 5.75 Å². The molecule has 3 aromatic rings. The zero-order chi connectivity index (χ0) is 20.4. The van der Waals surface area contributed by atoms with Crippen LogP contribution in [0.2, 0.25) is 0 Å². The van der Waals surface area contributed by atoms with E-state index in [0.717, 1.165) is 16.4 Å². The molecule has 6 nitrogen and oxygen atoms in total. The molecule has 28 heavy (non-hydrogen) atoms. The maximum Gasteiger partial charge on any atom is 0.534 e. The summed E-state index contributed by atoms with van der Waals surface area (Å²) < 4.78 is 66.2. The SMILES string of the molecule is O=c1c(-c2ccccc2)c(OS(=O)(=O)C(F)(F)F)cnn1Cc1ccccc1. The summed E-state index contributed by atoms with van der Waals surface area (Å²) >= 11 is 0. The van der Waals surface area contributed by atoms with Gasteiger partial charge in [-0.2, -0.15) is 26.7 Å². The van der Waals surface area contributed by atoms with E-state index in [0.29, 0.717) is 0 Å². The summed E-state index contributed by atoms with van der Waals surface area (Å²) in [5.74, 6) is -0.794. The van der Waals surface area contributed by atoms with Crippen molar-refractivity contribution < 1.29 is 25.8 Å². The van der Waals surface area contributed by atoms with Crippen molar-refractivity contribution in [2.45, 2.75) is 12.1 Å². The molecule has 0 amide bonds. The van der Waals surface area contributed by atoms with Crippen molar-refractivity contribution in [2.75, 3.05) is 0 Å². The lowest BCUT2D eigenvalue weighted by atomic mass is 10.1. The summed E-state index contributed by atoms with van der Waals surface area (Å²) in [6, 6.07) is 16.4. The molecule has 2 aromatic carbocycles. The van der Waals surface area contributed by atoms with Gasteiger partial charge in [-0.3, -0.25) is 4.79 Å². The summed E-state index contributed by atoms with van der Waals surface area (Å²) in [6.45, 7) is 0.0474. The molecule has 3 rings (SSSR count). The van der Waals surface area contributed by atoms with Gasteiger partial charge in [-0.05, 0) is 11.1 Å². The summed E-state index contributed by atoms with van der Waals surface area (Å²) in [4.78, 5) is 12.9. The van der Waals surface area contributed by atoms with Gasteiger partial charge in [0.2, 0.25) is 0 Å². The van der Waals surface area contributed by atoms with Crippen molar-refractivity contribution >= 4 is 10.1 Å². The first kappa shape index (κ1) is 19.6. The van der Waals surface area contributed by atoms with Gasteiger partial charge in [-0.15, -0.1) is 0 Å². The fraction of sp³-hybridized carbons (Fsp3) is 0.111. The van der Waals surface area contributed by atoms with Gasteiger partial charge in [0.05, 0.1) is 18.3 Å². The molecule has 1 heterocycles. The molecule has 0 radical (unpaired) electrons. The molecule has 0 aliphatic rings. The predicted molar refractivity (Wildman–Crippen MR) is 95.1 cm³/mol. The van der Waals surface area contributed by atoms with Crippen molar-refractivity contribution in [2.24, 2.45) is 0 Å². The van der Waals surface area contributed by atoms with E-state index in [1.165, 1.54) is 12.1 Å². The fourth-order valence-electron chi connectivity index (χ4n) is 2.44. The Bertz CT molecular complexity index is 1130. The van der Waals surface area contributed by atoms with Gasteiger partial charge in [-0.25, -0.2) is 4.68 Å². The second-order valence-electron chi connectivity index (χ2n) is 5.68. The number of halogens is 3. The van der Waals surface area contributed by atoms with Crippen LogP contribution >= 0.6 is 0 Å². The normalized spacial score (nSPS) is 12.0. The largest absolute Gasteiger partial charge is 0.534 e. The Hall–Kier alpha value is -3.14. The minimum absolute atomic E-state index is 0.0474. The second kappa shape index (κ2) is 7.47. The van der Waals surface area contributed by atoms with Crippen LogP contribution in [0, 0.1) is 0 Å². The molecule has 0 saturated carbocycles. The Balaban J connectivity index is 2.13. The summed E-state index contributed by atoms with van der Waals surface area (Å²) in [7, 11) is -5.96. The van der Waals surface area contributed by atoms with Crippen molar-refractivity contribution in [1.29, 1.82) is 0 Å². The molecule has 0 atom stereocenters. The number of nitrogens with zero attached hydrogens (tertiary/aromatic N) is 2. The molecule has 0 spiro atoms. The Kier molecular flexibility index (Phi) is 5.23. The number of aromatic nitrogens is 2. The highest BCUT2D eigenvalue weighted by Crippen LogP contribution is 2.31. The van der Waals surface area contributed by atoms with Crippen LogP contribution in [0.4, 0.5) is 13.2 Å². The predicted octanol–water partition coefficient (Wildman–Crippen LogP) is 3.19. The summed E-state index contributed by atoms with van der Waals surface area (Å²) in [5, 5.41) is 3.77. The molecular formula is C18H13F3N2O4S. The van der Waals surface area contributed by atoms with Crippen LogP contribution in [0.5, 0.6) is 5.75 Å². The van der Waals surface area contributed by atoms with E-state index >= 15 is 0 Å². The Morgan fingerprint density at radius 2 is 1.54 bits per heavy atom. The average Bonchev–Trinajstić information content (AvgIpc) is 2.64. The zero-order valence-corrected chi connectivity index (χ0v) is 14.9. The summed E-state index contributed by atoms with van der Waals surface area (Å²) in [6.07, 6.45) is 0.788. The first-order chi connectivity index (χ1) is 13.2. The third-order valence-corrected chi connectivity index (χ3v) is 4.70. The van der Waals surface area contributed by atoms with Gasteiger partial charge in [0.1, 0.15) is 0 Å². The van der Waals surface area contributed by atoms with E-state index in [2.05, 4.69) is 9.28 Å². The van der Waals surface area contributed by atoms with E-state index in [4.69, 9.17) is 0 Å². The smallest absolute Gasteiger partial charge is 0.373 e. The van der Waals surface area contributed by atoms with Crippen LogP contribution in [-0.4, -0.2) is 23.7 Å². The van der Waals surface area contributed by atoms with Crippen LogP contribution in [0.25, 0.3) is 11.1 Å². The number of hydrogen-bond donors (Lipinski definition) is 0. The van der Waals surface area contributed by atoms with Gasteiger partial charge in [-0.1, -0.05) is 60.7 Å². The molecule has 0 N–H and O–H groups in total. The van der Waals surface area contributed by atoms with Gasteiger partial charge >= 0.3 is 15.6 Å². The Morgan fingerprint density at radius 1 is 0.964 bits per heavy atom. The van der Waals surface area contributed by atoms with Gasteiger partial charge in [0.25, 0.3) is 5.56 Å². The van der Waals surface area contributed by atoms with Crippen LogP contribution in [0.15, 0.2) is 71.7 Å². The van der Waals surface area contributed by atoms with Crippen LogP contribution < -0.4 is 9.74 Å². The highest BCUT2D eigenvalue weighted by atomic mass is 32.2. The van der Waals surface area contributed by atoms with Crippen molar-refractivity contribution in [1.82, 2.24) is 9.78 Å². The number of benzene rings is 2. The molecule has 10 heteroatoms. The first-order valence-electron chi connectivity index (χ1n) is 7.89. The van der Waals surface area contributed by atoms with E-state index in [1.54, 1.807) is 48.5 Å². The first-order valence-corrected chi connectivity index (χ1v) is 9.30. The van der Waals surface area contributed by atoms with E-state index in [9.17, 15) is 26.4 Å². The standard InChI is InChI=1S/C18H13F3N2O4S/c19-18(20,21)28(25,26)27-15-11-22-23(12-13-7-3-1-4-8-13)17(24)16(15)14-9-5-2-6-10-14/h1-11H,12H2. The van der Waals surface area contributed by atoms with Crippen molar-refractivity contribution in [3.63, 3.8) is 0 Å². The highest BCUT2D eigenvalue weighted by molar-refractivity contribution is 7.88. The molecule has 0 saturated heterocycles. The van der Waals surface area contributed by atoms with Crippen LogP contribution in [-0.2, 0) is 16.7 Å². The molecule has 0 aliphatic carbocycles. The quantitative estimate of drug-likeness (QED) is 0.477. The van der Waals surface area contributed by atoms with Gasteiger partial charge in [0, 0.05) is 0 Å². The van der Waals surface area contributed by atoms with E-state index in [-0.39, 0.29) is 17.7 Å². The lowest BCUT2D eigenvalue weighted by Crippen LogP contribution is -2.30. The fourth-order valence-corrected chi connectivity index (χ4v) is 2.90. The van der Waals surface area contributed by atoms with E-state index in [1.807, 2.05) is 0 Å². The molecule has 146 valence electrons. The lowest BCUT2D eigenvalue weighted by molar-refractivity contribution is -0.0500. The van der Waals surface area contributed by atoms with Crippen molar-refractivity contribution in [3.05, 3.63) is 82.8 Å². The molecule has 1 aromatic heterocycles. The molecule has 0 aliphatic heterocycles. The number of rotatable bonds is 5. The number of hydrogen-bond acceptors (Lipinski definition) is 5. The Labute approximate surface area is 157 Å². The number of alkyl halides is 3. The average molecular weight is 410 g/mol. The minimum atomic E-state index is -5.96. The minimum Gasteiger partial charge on any atom is -0.373 e. The van der Waals surface area contributed by atoms with Crippen LogP contribution in [0.3, 0.4) is 0 Å². The highest BCUT2D eigenvalue weighted by Gasteiger charge is 2.49. The Morgan fingerprint density at radius 3 is 2.11 bits per heavy atom. The van der Waals surface area contributed by atoms with Crippen molar-refractivity contribution in [3.8, 4) is 16.9 Å². The van der Waals surface area contributed by atoms with E-state index < -0.39 is 26.9 Å². The second-order valence-corrected chi connectivity index (χ2v) is 7.22. The summed E-state index contributed by atoms with van der Waals surface area (Å²) in [5.41, 5.74) is -5.83. The maximum absolute atomic E-state index is 12.9. The zero-order valence-electron chi connectivity index (χ0n) is 14.1. The van der Waals surface area contributed by atoms with Crippen LogP contribution in [0.1, 0.15) is 5.56 Å². The topological polar surface area (TPSA) is 78.3 Å². The molecule has 0 unspecified atom stereocenters. The maximum atomic E-state index is 12.9. The molecule has 0 fully saturated rings. The third kappa shape index (κ3) is 4.06.